The zero-order valence-corrected chi connectivity index (χ0v) is 13.8. The van der Waals surface area contributed by atoms with Crippen LogP contribution < -0.4 is 5.32 Å². The minimum atomic E-state index is 0.262. The third-order valence-electron chi connectivity index (χ3n) is 6.86. The fourth-order valence-electron chi connectivity index (χ4n) is 5.91. The Morgan fingerprint density at radius 1 is 0.952 bits per heavy atom. The second-order valence-corrected chi connectivity index (χ2v) is 8.75. The Labute approximate surface area is 129 Å². The average molecular weight is 292 g/mol. The average Bonchev–Trinajstić information content (AvgIpc) is 2.47. The lowest BCUT2D eigenvalue weighted by molar-refractivity contribution is -0.0316. The van der Waals surface area contributed by atoms with Crippen molar-refractivity contribution in [2.75, 3.05) is 32.8 Å². The van der Waals surface area contributed by atoms with Gasteiger partial charge in [0.15, 0.2) is 0 Å². The number of nitrogens with one attached hydrogen (secondary N) is 1. The van der Waals surface area contributed by atoms with Crippen molar-refractivity contribution in [3.05, 3.63) is 0 Å². The van der Waals surface area contributed by atoms with Crippen LogP contribution in [-0.2, 0) is 4.74 Å². The van der Waals surface area contributed by atoms with Crippen LogP contribution in [0, 0.1) is 23.7 Å². The predicted octanol–water partition coefficient (Wildman–Crippen LogP) is 2.51. The highest BCUT2D eigenvalue weighted by atomic mass is 16.5. The molecule has 5 aliphatic rings. The van der Waals surface area contributed by atoms with E-state index in [1.165, 1.54) is 25.7 Å². The van der Waals surface area contributed by atoms with Gasteiger partial charge in [-0.15, -0.1) is 0 Å². The lowest BCUT2D eigenvalue weighted by Crippen LogP contribution is -2.60. The van der Waals surface area contributed by atoms with Gasteiger partial charge >= 0.3 is 0 Å². The van der Waals surface area contributed by atoms with Gasteiger partial charge in [0.25, 0.3) is 0 Å². The van der Waals surface area contributed by atoms with Crippen LogP contribution in [0.5, 0.6) is 0 Å². The summed E-state index contributed by atoms with van der Waals surface area (Å²) in [5.74, 6) is 4.14. The van der Waals surface area contributed by atoms with Gasteiger partial charge in [-0.3, -0.25) is 4.90 Å². The van der Waals surface area contributed by atoms with Gasteiger partial charge in [-0.05, 0) is 69.6 Å². The molecular weight excluding hydrogens is 260 g/mol. The Balaban J connectivity index is 1.36. The van der Waals surface area contributed by atoms with Crippen LogP contribution in [0.25, 0.3) is 0 Å². The summed E-state index contributed by atoms with van der Waals surface area (Å²) in [4.78, 5) is 2.61. The molecule has 0 radical (unpaired) electrons. The first kappa shape index (κ1) is 14.5. The SMILES string of the molecule is CC(C)(CNC1C2CC3CC(C2)CC1C3)N1CCOCC1. The third-order valence-corrected chi connectivity index (χ3v) is 6.86. The normalized spacial score (nSPS) is 43.4. The molecule has 3 heteroatoms. The summed E-state index contributed by atoms with van der Waals surface area (Å²) in [5, 5.41) is 4.02. The Morgan fingerprint density at radius 3 is 2.10 bits per heavy atom. The molecule has 5 fully saturated rings. The number of nitrogens with zero attached hydrogens (tertiary/aromatic N) is 1. The van der Waals surface area contributed by atoms with Gasteiger partial charge in [0.05, 0.1) is 13.2 Å². The van der Waals surface area contributed by atoms with Crippen molar-refractivity contribution in [1.29, 1.82) is 0 Å². The molecule has 3 nitrogen and oxygen atoms in total. The standard InChI is InChI=1S/C18H32N2O/c1-18(2,20-3-5-21-6-4-20)12-19-17-15-8-13-7-14(10-15)11-16(17)9-13/h13-17,19H,3-12H2,1-2H3. The number of hydrogen-bond donors (Lipinski definition) is 1. The van der Waals surface area contributed by atoms with Crippen LogP contribution in [0.4, 0.5) is 0 Å². The first-order valence-corrected chi connectivity index (χ1v) is 9.18. The van der Waals surface area contributed by atoms with E-state index in [1.54, 1.807) is 6.42 Å². The summed E-state index contributed by atoms with van der Waals surface area (Å²) in [6.07, 6.45) is 7.62. The van der Waals surface area contributed by atoms with Crippen LogP contribution in [0.3, 0.4) is 0 Å². The summed E-state index contributed by atoms with van der Waals surface area (Å²) < 4.78 is 5.50. The van der Waals surface area contributed by atoms with E-state index in [1.807, 2.05) is 0 Å². The van der Waals surface area contributed by atoms with Crippen molar-refractivity contribution in [2.45, 2.75) is 57.5 Å². The van der Waals surface area contributed by atoms with Gasteiger partial charge in [0, 0.05) is 31.2 Å². The summed E-state index contributed by atoms with van der Waals surface area (Å²) >= 11 is 0. The van der Waals surface area contributed by atoms with Crippen molar-refractivity contribution >= 4 is 0 Å². The van der Waals surface area contributed by atoms with Crippen molar-refractivity contribution in [3.63, 3.8) is 0 Å². The van der Waals surface area contributed by atoms with Gasteiger partial charge in [0.2, 0.25) is 0 Å². The highest BCUT2D eigenvalue weighted by Gasteiger charge is 2.48. The van der Waals surface area contributed by atoms with Gasteiger partial charge in [-0.2, -0.15) is 0 Å². The lowest BCUT2D eigenvalue weighted by Gasteiger charge is -2.55. The summed E-state index contributed by atoms with van der Waals surface area (Å²) in [6.45, 7) is 9.94. The molecule has 1 N–H and O–H groups in total. The minimum Gasteiger partial charge on any atom is -0.379 e. The zero-order chi connectivity index (χ0) is 14.4. The summed E-state index contributed by atoms with van der Waals surface area (Å²) in [6, 6.07) is 0.818. The zero-order valence-electron chi connectivity index (χ0n) is 13.8. The molecule has 0 aromatic heterocycles. The third kappa shape index (κ3) is 2.77. The lowest BCUT2D eigenvalue weighted by atomic mass is 9.54. The van der Waals surface area contributed by atoms with Gasteiger partial charge in [-0.1, -0.05) is 0 Å². The highest BCUT2D eigenvalue weighted by Crippen LogP contribution is 2.53. The Hall–Kier alpha value is -0.120. The molecule has 4 saturated carbocycles. The maximum atomic E-state index is 5.50. The largest absolute Gasteiger partial charge is 0.379 e. The van der Waals surface area contributed by atoms with E-state index in [-0.39, 0.29) is 5.54 Å². The Bertz CT molecular complexity index is 347. The molecule has 0 aromatic carbocycles. The Morgan fingerprint density at radius 2 is 1.52 bits per heavy atom. The molecule has 120 valence electrons. The van der Waals surface area contributed by atoms with Crippen LogP contribution in [0.2, 0.25) is 0 Å². The number of ether oxygens (including phenoxy) is 1. The molecule has 0 unspecified atom stereocenters. The molecule has 1 saturated heterocycles. The van der Waals surface area contributed by atoms with E-state index < -0.39 is 0 Å². The van der Waals surface area contributed by atoms with Crippen molar-refractivity contribution < 1.29 is 4.74 Å². The maximum Gasteiger partial charge on any atom is 0.0594 e. The monoisotopic (exact) mass is 292 g/mol. The Kier molecular flexibility index (Phi) is 3.79. The van der Waals surface area contributed by atoms with Crippen LogP contribution in [0.15, 0.2) is 0 Å². The van der Waals surface area contributed by atoms with Crippen LogP contribution >= 0.6 is 0 Å². The van der Waals surface area contributed by atoms with Gasteiger partial charge < -0.3 is 10.1 Å². The highest BCUT2D eigenvalue weighted by molar-refractivity contribution is 5.02. The second-order valence-electron chi connectivity index (χ2n) is 8.75. The molecule has 1 heterocycles. The van der Waals surface area contributed by atoms with Gasteiger partial charge in [-0.25, -0.2) is 0 Å². The summed E-state index contributed by atoms with van der Waals surface area (Å²) in [5.41, 5.74) is 0.262. The first-order chi connectivity index (χ1) is 10.1. The number of rotatable bonds is 4. The number of morpholine rings is 1. The summed E-state index contributed by atoms with van der Waals surface area (Å²) in [7, 11) is 0. The van der Waals surface area contributed by atoms with E-state index in [2.05, 4.69) is 24.1 Å². The van der Waals surface area contributed by atoms with E-state index in [0.717, 1.165) is 62.6 Å². The molecule has 1 aliphatic heterocycles. The van der Waals surface area contributed by atoms with E-state index in [4.69, 9.17) is 4.74 Å². The van der Waals surface area contributed by atoms with E-state index in [9.17, 15) is 0 Å². The van der Waals surface area contributed by atoms with E-state index in [0.29, 0.717) is 0 Å². The topological polar surface area (TPSA) is 24.5 Å². The van der Waals surface area contributed by atoms with E-state index >= 15 is 0 Å². The second kappa shape index (κ2) is 5.50. The molecular formula is C18H32N2O. The molecule has 0 atom stereocenters. The van der Waals surface area contributed by atoms with Crippen LogP contribution in [-0.4, -0.2) is 49.3 Å². The van der Waals surface area contributed by atoms with Crippen molar-refractivity contribution in [2.24, 2.45) is 23.7 Å². The molecule has 0 aromatic rings. The van der Waals surface area contributed by atoms with Crippen molar-refractivity contribution in [1.82, 2.24) is 10.2 Å². The smallest absolute Gasteiger partial charge is 0.0594 e. The number of hydrogen-bond acceptors (Lipinski definition) is 3. The fraction of sp³-hybridized carbons (Fsp3) is 1.00. The molecule has 4 bridgehead atoms. The van der Waals surface area contributed by atoms with Gasteiger partial charge in [0.1, 0.15) is 0 Å². The molecule has 0 spiro atoms. The molecule has 21 heavy (non-hydrogen) atoms. The fourth-order valence-corrected chi connectivity index (χ4v) is 5.91. The maximum absolute atomic E-state index is 5.50. The van der Waals surface area contributed by atoms with Crippen LogP contribution in [0.1, 0.15) is 46.0 Å². The molecule has 0 amide bonds. The minimum absolute atomic E-state index is 0.262. The quantitative estimate of drug-likeness (QED) is 0.861. The predicted molar refractivity (Wildman–Crippen MR) is 85.3 cm³/mol. The first-order valence-electron chi connectivity index (χ1n) is 9.18. The molecule has 5 rings (SSSR count). The molecule has 4 aliphatic carbocycles. The van der Waals surface area contributed by atoms with Crippen molar-refractivity contribution in [3.8, 4) is 0 Å².